The summed E-state index contributed by atoms with van der Waals surface area (Å²) in [6.45, 7) is 0. The van der Waals surface area contributed by atoms with Crippen LogP contribution in [-0.4, -0.2) is 9.38 Å². The Balaban J connectivity index is 1.03. The van der Waals surface area contributed by atoms with Crippen LogP contribution in [0.4, 0.5) is 0 Å². The lowest BCUT2D eigenvalue weighted by atomic mass is 9.94. The van der Waals surface area contributed by atoms with Gasteiger partial charge >= 0.3 is 0 Å². The van der Waals surface area contributed by atoms with E-state index in [4.69, 9.17) is 18.2 Å². The van der Waals surface area contributed by atoms with Crippen molar-refractivity contribution in [2.45, 2.75) is 0 Å². The Bertz CT molecular complexity index is 3730. The molecule has 0 saturated heterocycles. The number of imidazole rings is 1. The topological polar surface area (TPSA) is 56.7 Å². The van der Waals surface area contributed by atoms with Crippen molar-refractivity contribution in [3.05, 3.63) is 158 Å². The minimum absolute atomic E-state index is 0.784. The lowest BCUT2D eigenvalue weighted by Gasteiger charge is -2.12. The van der Waals surface area contributed by atoms with Crippen molar-refractivity contribution in [3.8, 4) is 22.3 Å². The van der Waals surface area contributed by atoms with E-state index in [0.29, 0.717) is 0 Å². The van der Waals surface area contributed by atoms with Crippen LogP contribution < -0.4 is 0 Å². The Morgan fingerprint density at radius 3 is 1.83 bits per heavy atom. The second-order valence-corrected chi connectivity index (χ2v) is 14.2. The third-order valence-electron chi connectivity index (χ3n) is 11.4. The smallest absolute Gasteiger partial charge is 0.147 e. The van der Waals surface area contributed by atoms with Gasteiger partial charge in [-0.25, -0.2) is 4.98 Å². The monoisotopic (exact) mass is 690 g/mol. The van der Waals surface area contributed by atoms with Crippen LogP contribution in [0.2, 0.25) is 0 Å². The molecule has 0 aliphatic carbocycles. The minimum atomic E-state index is 0.784. The van der Waals surface area contributed by atoms with Gasteiger partial charge in [0, 0.05) is 37.7 Å². The summed E-state index contributed by atoms with van der Waals surface area (Å²) in [5.74, 6) is 0. The number of benzene rings is 8. The van der Waals surface area contributed by atoms with Gasteiger partial charge in [-0.2, -0.15) is 0 Å². The molecule has 0 radical (unpaired) electrons. The van der Waals surface area contributed by atoms with Gasteiger partial charge < -0.3 is 13.3 Å². The molecule has 5 nitrogen and oxygen atoms in total. The van der Waals surface area contributed by atoms with Crippen molar-refractivity contribution in [2.75, 3.05) is 0 Å². The number of hydrogen-bond acceptors (Lipinski definition) is 4. The van der Waals surface area contributed by atoms with E-state index in [9.17, 15) is 0 Å². The number of nitrogens with zero attached hydrogens (tertiary/aromatic N) is 2. The second kappa shape index (κ2) is 10.1. The van der Waals surface area contributed by atoms with Crippen molar-refractivity contribution in [3.63, 3.8) is 0 Å². The fourth-order valence-electron chi connectivity index (χ4n) is 9.00. The molecular formula is C49H26N2O3. The minimum Gasteiger partial charge on any atom is -0.456 e. The van der Waals surface area contributed by atoms with Crippen LogP contribution in [0.15, 0.2) is 171 Å². The maximum absolute atomic E-state index is 6.76. The summed E-state index contributed by atoms with van der Waals surface area (Å²) in [5.41, 5.74) is 13.6. The number of aromatic nitrogens is 2. The molecule has 0 spiro atoms. The van der Waals surface area contributed by atoms with Crippen molar-refractivity contribution < 1.29 is 13.3 Å². The highest BCUT2D eigenvalue weighted by Crippen LogP contribution is 2.47. The maximum Gasteiger partial charge on any atom is 0.147 e. The summed E-state index contributed by atoms with van der Waals surface area (Å²) < 4.78 is 22.0. The predicted molar refractivity (Wildman–Crippen MR) is 220 cm³/mol. The molecule has 13 rings (SSSR count). The summed E-state index contributed by atoms with van der Waals surface area (Å²) in [6.07, 6.45) is 0. The first-order valence-corrected chi connectivity index (χ1v) is 18.2. The predicted octanol–water partition coefficient (Wildman–Crippen LogP) is 13.8. The number of furan rings is 3. The largest absolute Gasteiger partial charge is 0.456 e. The van der Waals surface area contributed by atoms with E-state index in [0.717, 1.165) is 116 Å². The van der Waals surface area contributed by atoms with Crippen molar-refractivity contribution in [2.24, 2.45) is 0 Å². The van der Waals surface area contributed by atoms with Gasteiger partial charge in [0.2, 0.25) is 0 Å². The average Bonchev–Trinajstić information content (AvgIpc) is 4.00. The molecule has 250 valence electrons. The van der Waals surface area contributed by atoms with E-state index in [1.807, 2.05) is 36.4 Å². The highest BCUT2D eigenvalue weighted by atomic mass is 16.3. The summed E-state index contributed by atoms with van der Waals surface area (Å²) in [6, 6.07) is 55.3. The van der Waals surface area contributed by atoms with Gasteiger partial charge in [0.15, 0.2) is 0 Å². The summed E-state index contributed by atoms with van der Waals surface area (Å²) in [4.78, 5) is 5.09. The molecule has 0 aliphatic heterocycles. The Kier molecular flexibility index (Phi) is 5.31. The van der Waals surface area contributed by atoms with Gasteiger partial charge in [-0.1, -0.05) is 109 Å². The molecular weight excluding hydrogens is 665 g/mol. The zero-order valence-electron chi connectivity index (χ0n) is 28.6. The van der Waals surface area contributed by atoms with Gasteiger partial charge in [0.05, 0.1) is 21.9 Å². The number of rotatable bonds is 2. The zero-order valence-corrected chi connectivity index (χ0v) is 28.6. The lowest BCUT2D eigenvalue weighted by Crippen LogP contribution is -1.92. The average molecular weight is 691 g/mol. The third kappa shape index (κ3) is 3.65. The van der Waals surface area contributed by atoms with E-state index < -0.39 is 0 Å². The normalized spacial score (nSPS) is 12.4. The molecule has 13 aromatic rings. The van der Waals surface area contributed by atoms with Gasteiger partial charge in [0.1, 0.15) is 39.1 Å². The van der Waals surface area contributed by atoms with E-state index in [2.05, 4.69) is 126 Å². The van der Waals surface area contributed by atoms with Crippen LogP contribution in [0.5, 0.6) is 0 Å². The molecule has 8 aromatic carbocycles. The first-order valence-electron chi connectivity index (χ1n) is 18.2. The van der Waals surface area contributed by atoms with Crippen molar-refractivity contribution in [1.82, 2.24) is 9.38 Å². The fourth-order valence-corrected chi connectivity index (χ4v) is 9.00. The molecule has 0 atom stereocenters. The molecule has 0 fully saturated rings. The van der Waals surface area contributed by atoms with Crippen LogP contribution >= 0.6 is 0 Å². The molecule has 0 bridgehead atoms. The van der Waals surface area contributed by atoms with Crippen molar-refractivity contribution >= 4 is 104 Å². The molecule has 5 aromatic heterocycles. The molecule has 0 saturated carbocycles. The standard InChI is InChI=1S/C49H26N2O3/c1-2-10-32-30(9-1)31-22-21-29(25-38(31)51-37-14-6-5-13-36(37)50-49(32)51)27-17-19-28(20-18-27)35-26-43-47(48-44(35)33-11-3-8-16-40(33)54-48)46-42(53-43)24-23-41-45(46)34-12-4-7-15-39(34)52-41/h1-26H. The Morgan fingerprint density at radius 1 is 0.370 bits per heavy atom. The van der Waals surface area contributed by atoms with Crippen molar-refractivity contribution in [1.29, 1.82) is 0 Å². The first-order chi connectivity index (χ1) is 26.8. The van der Waals surface area contributed by atoms with Gasteiger partial charge in [-0.05, 0) is 76.2 Å². The van der Waals surface area contributed by atoms with E-state index >= 15 is 0 Å². The number of pyridine rings is 1. The highest BCUT2D eigenvalue weighted by Gasteiger charge is 2.24. The Morgan fingerprint density at radius 2 is 1.00 bits per heavy atom. The molecule has 0 aliphatic rings. The number of fused-ring (bicyclic) bond motifs is 19. The quantitative estimate of drug-likeness (QED) is 0.169. The van der Waals surface area contributed by atoms with Gasteiger partial charge in [-0.15, -0.1) is 0 Å². The summed E-state index contributed by atoms with van der Waals surface area (Å²) in [5, 5.41) is 9.81. The summed E-state index contributed by atoms with van der Waals surface area (Å²) >= 11 is 0. The molecule has 5 heteroatoms. The third-order valence-corrected chi connectivity index (χ3v) is 11.4. The molecule has 0 unspecified atom stereocenters. The molecule has 5 heterocycles. The van der Waals surface area contributed by atoms with E-state index in [-0.39, 0.29) is 0 Å². The van der Waals surface area contributed by atoms with Gasteiger partial charge in [-0.3, -0.25) is 4.40 Å². The fraction of sp³-hybridized carbons (Fsp3) is 0. The lowest BCUT2D eigenvalue weighted by molar-refractivity contribution is 0.660. The Hall–Kier alpha value is -7.37. The molecule has 0 amide bonds. The molecule has 0 N–H and O–H groups in total. The number of para-hydroxylation sites is 4. The zero-order chi connectivity index (χ0) is 35.1. The van der Waals surface area contributed by atoms with Crippen LogP contribution in [-0.2, 0) is 0 Å². The van der Waals surface area contributed by atoms with Crippen LogP contribution in [0, 0.1) is 0 Å². The van der Waals surface area contributed by atoms with Gasteiger partial charge in [0.25, 0.3) is 0 Å². The molecule has 54 heavy (non-hydrogen) atoms. The van der Waals surface area contributed by atoms with Crippen LogP contribution in [0.1, 0.15) is 0 Å². The first kappa shape index (κ1) is 28.2. The highest BCUT2D eigenvalue weighted by molar-refractivity contribution is 6.33. The maximum atomic E-state index is 6.76. The Labute approximate surface area is 305 Å². The van der Waals surface area contributed by atoms with Crippen LogP contribution in [0.25, 0.3) is 126 Å². The number of hydrogen-bond donors (Lipinski definition) is 0. The SMILES string of the molecule is c1ccc2c(c1)nc1c3ccccc3c3ccc(-c4ccc(-c5cc6oc7ccc8oc9ccccc9c8c7c6c6oc7ccccc7c56)cc4)cc3n21. The van der Waals surface area contributed by atoms with E-state index in [1.54, 1.807) is 0 Å². The van der Waals surface area contributed by atoms with E-state index in [1.165, 1.54) is 10.8 Å². The second-order valence-electron chi connectivity index (χ2n) is 14.2. The van der Waals surface area contributed by atoms with Crippen LogP contribution in [0.3, 0.4) is 0 Å². The summed E-state index contributed by atoms with van der Waals surface area (Å²) in [7, 11) is 0.